The van der Waals surface area contributed by atoms with Crippen molar-refractivity contribution in [1.82, 2.24) is 10.2 Å². The summed E-state index contributed by atoms with van der Waals surface area (Å²) in [6, 6.07) is 18.6. The van der Waals surface area contributed by atoms with Crippen LogP contribution in [-0.4, -0.2) is 41.8 Å². The lowest BCUT2D eigenvalue weighted by atomic mass is 10.1. The fourth-order valence-corrected chi connectivity index (χ4v) is 4.23. The highest BCUT2D eigenvalue weighted by molar-refractivity contribution is 6.26. The smallest absolute Gasteiger partial charge is 0.259 e. The van der Waals surface area contributed by atoms with Gasteiger partial charge in [-0.3, -0.25) is 19.3 Å². The summed E-state index contributed by atoms with van der Waals surface area (Å²) in [7, 11) is 0. The number of benzene rings is 3. The molecule has 3 aromatic rings. The second-order valence-electron chi connectivity index (χ2n) is 8.55. The third-order valence-electron chi connectivity index (χ3n) is 6.13. The fraction of sp³-hybridized carbons (Fsp3) is 0.296. The van der Waals surface area contributed by atoms with E-state index in [0.29, 0.717) is 18.7 Å². The van der Waals surface area contributed by atoms with Crippen LogP contribution >= 0.6 is 0 Å². The van der Waals surface area contributed by atoms with Gasteiger partial charge in [0.05, 0.1) is 5.69 Å². The Morgan fingerprint density at radius 3 is 2.42 bits per heavy atom. The second kappa shape index (κ2) is 9.45. The Hall–Kier alpha value is -3.67. The molecule has 0 aromatic heterocycles. The summed E-state index contributed by atoms with van der Waals surface area (Å²) in [4.78, 5) is 42.5. The molecule has 4 rings (SSSR count). The highest BCUT2D eigenvalue weighted by Gasteiger charge is 2.34. The van der Waals surface area contributed by atoms with E-state index in [1.54, 1.807) is 17.9 Å². The van der Waals surface area contributed by atoms with Crippen molar-refractivity contribution in [3.8, 4) is 0 Å². The normalized spacial score (nSPS) is 13.3. The molecule has 0 aliphatic carbocycles. The van der Waals surface area contributed by atoms with Gasteiger partial charge in [0.25, 0.3) is 5.91 Å². The maximum Gasteiger partial charge on any atom is 0.259 e. The molecule has 1 N–H and O–H groups in total. The summed E-state index contributed by atoms with van der Waals surface area (Å²) in [5, 5.41) is 4.72. The Balaban J connectivity index is 1.61. The first-order chi connectivity index (χ1) is 15.9. The Morgan fingerprint density at radius 2 is 1.73 bits per heavy atom. The van der Waals surface area contributed by atoms with E-state index in [9.17, 15) is 14.4 Å². The largest absolute Gasteiger partial charge is 0.354 e. The minimum absolute atomic E-state index is 0.121. The number of carbonyl (C=O) groups is 3. The zero-order chi connectivity index (χ0) is 23.5. The van der Waals surface area contributed by atoms with Crippen LogP contribution in [0.15, 0.2) is 60.7 Å². The minimum Gasteiger partial charge on any atom is -0.354 e. The Kier molecular flexibility index (Phi) is 6.45. The summed E-state index contributed by atoms with van der Waals surface area (Å²) in [5.41, 5.74) is 3.40. The van der Waals surface area contributed by atoms with Crippen LogP contribution in [0.2, 0.25) is 0 Å². The van der Waals surface area contributed by atoms with Crippen LogP contribution in [0.4, 0.5) is 5.69 Å². The molecule has 0 radical (unpaired) electrons. The molecule has 0 unspecified atom stereocenters. The van der Waals surface area contributed by atoms with Gasteiger partial charge in [-0.05, 0) is 43.4 Å². The maximum atomic E-state index is 13.6. The highest BCUT2D eigenvalue weighted by Crippen LogP contribution is 2.37. The van der Waals surface area contributed by atoms with E-state index in [-0.39, 0.29) is 24.3 Å². The van der Waals surface area contributed by atoms with Gasteiger partial charge in [-0.1, -0.05) is 61.0 Å². The molecule has 170 valence electrons. The molecule has 3 aromatic carbocycles. The maximum absolute atomic E-state index is 13.6. The van der Waals surface area contributed by atoms with E-state index in [2.05, 4.69) is 5.32 Å². The average molecular weight is 444 g/mol. The van der Waals surface area contributed by atoms with Crippen LogP contribution < -0.4 is 10.2 Å². The van der Waals surface area contributed by atoms with Crippen LogP contribution in [0.5, 0.6) is 0 Å². The van der Waals surface area contributed by atoms with Gasteiger partial charge >= 0.3 is 0 Å². The number of nitrogens with zero attached hydrogens (tertiary/aromatic N) is 2. The predicted octanol–water partition coefficient (Wildman–Crippen LogP) is 4.05. The number of hydrogen-bond donors (Lipinski definition) is 1. The van der Waals surface area contributed by atoms with E-state index >= 15 is 0 Å². The molecule has 0 fully saturated rings. The van der Waals surface area contributed by atoms with Crippen molar-refractivity contribution < 1.29 is 14.4 Å². The molecule has 0 bridgehead atoms. The Bertz CT molecular complexity index is 1200. The second-order valence-corrected chi connectivity index (χ2v) is 8.55. The molecule has 6 heteroatoms. The van der Waals surface area contributed by atoms with Crippen molar-refractivity contribution >= 4 is 34.2 Å². The first kappa shape index (κ1) is 22.5. The first-order valence-electron chi connectivity index (χ1n) is 11.4. The summed E-state index contributed by atoms with van der Waals surface area (Å²) in [6.07, 6.45) is 0.814. The van der Waals surface area contributed by atoms with Crippen molar-refractivity contribution in [2.75, 3.05) is 18.0 Å². The monoisotopic (exact) mass is 443 g/mol. The number of amides is 3. The molecule has 1 aliphatic heterocycles. The topological polar surface area (TPSA) is 69.7 Å². The lowest BCUT2D eigenvalue weighted by molar-refractivity contribution is -0.139. The van der Waals surface area contributed by atoms with Gasteiger partial charge in [-0.15, -0.1) is 0 Å². The highest BCUT2D eigenvalue weighted by atomic mass is 16.2. The average Bonchev–Trinajstić information content (AvgIpc) is 3.09. The van der Waals surface area contributed by atoms with Crippen LogP contribution in [0.3, 0.4) is 0 Å². The third-order valence-corrected chi connectivity index (χ3v) is 6.13. The zero-order valence-corrected chi connectivity index (χ0v) is 19.3. The molecular weight excluding hydrogens is 414 g/mol. The lowest BCUT2D eigenvalue weighted by Crippen LogP contribution is -2.51. The summed E-state index contributed by atoms with van der Waals surface area (Å²) in [5.74, 6) is -0.656. The molecule has 1 heterocycles. The molecule has 1 atom stereocenters. The van der Waals surface area contributed by atoms with Crippen LogP contribution in [0.1, 0.15) is 41.8 Å². The third kappa shape index (κ3) is 4.46. The predicted molar refractivity (Wildman–Crippen MR) is 130 cm³/mol. The van der Waals surface area contributed by atoms with Gasteiger partial charge in [0.15, 0.2) is 0 Å². The SMILES string of the molecule is CCCNC(=O)[C@H](C)N(Cc1ccc(C)cc1)C(=O)CN1C(=O)c2cccc3cccc1c23. The summed E-state index contributed by atoms with van der Waals surface area (Å²) >= 11 is 0. The number of anilines is 1. The standard InChI is InChI=1S/C27H29N3O3/c1-4-15-28-26(32)19(3)29(16-20-13-11-18(2)12-14-20)24(31)17-30-23-10-6-8-21-7-5-9-22(25(21)23)27(30)33/h5-14,19H,4,15-17H2,1-3H3,(H,28,32)/t19-/m0/s1. The van der Waals surface area contributed by atoms with Gasteiger partial charge in [-0.2, -0.15) is 0 Å². The number of aryl methyl sites for hydroxylation is 1. The van der Waals surface area contributed by atoms with Crippen molar-refractivity contribution in [3.05, 3.63) is 77.4 Å². The molecule has 6 nitrogen and oxygen atoms in total. The minimum atomic E-state index is -0.666. The number of carbonyl (C=O) groups excluding carboxylic acids is 3. The zero-order valence-electron chi connectivity index (χ0n) is 19.3. The van der Waals surface area contributed by atoms with Crippen molar-refractivity contribution in [2.45, 2.75) is 39.8 Å². The Morgan fingerprint density at radius 1 is 1.03 bits per heavy atom. The van der Waals surface area contributed by atoms with Crippen molar-refractivity contribution in [1.29, 1.82) is 0 Å². The van der Waals surface area contributed by atoms with E-state index < -0.39 is 6.04 Å². The Labute approximate surface area is 194 Å². The molecule has 3 amide bonds. The lowest BCUT2D eigenvalue weighted by Gasteiger charge is -2.30. The quantitative estimate of drug-likeness (QED) is 0.571. The number of hydrogen-bond acceptors (Lipinski definition) is 3. The van der Waals surface area contributed by atoms with E-state index in [4.69, 9.17) is 0 Å². The molecular formula is C27H29N3O3. The molecule has 0 saturated heterocycles. The number of rotatable bonds is 8. The van der Waals surface area contributed by atoms with Gasteiger partial charge in [0.2, 0.25) is 11.8 Å². The van der Waals surface area contributed by atoms with Gasteiger partial charge < -0.3 is 10.2 Å². The van der Waals surface area contributed by atoms with Crippen molar-refractivity contribution in [3.63, 3.8) is 0 Å². The summed E-state index contributed by atoms with van der Waals surface area (Å²) in [6.45, 7) is 6.45. The summed E-state index contributed by atoms with van der Waals surface area (Å²) < 4.78 is 0. The molecule has 33 heavy (non-hydrogen) atoms. The van der Waals surface area contributed by atoms with Crippen LogP contribution in [-0.2, 0) is 16.1 Å². The van der Waals surface area contributed by atoms with E-state index in [1.807, 2.05) is 68.4 Å². The van der Waals surface area contributed by atoms with Gasteiger partial charge in [0.1, 0.15) is 12.6 Å². The fourth-order valence-electron chi connectivity index (χ4n) is 4.23. The van der Waals surface area contributed by atoms with E-state index in [0.717, 1.165) is 34.0 Å². The van der Waals surface area contributed by atoms with Gasteiger partial charge in [0, 0.05) is 24.0 Å². The van der Waals surface area contributed by atoms with E-state index in [1.165, 1.54) is 4.90 Å². The van der Waals surface area contributed by atoms with Gasteiger partial charge in [-0.25, -0.2) is 0 Å². The van der Waals surface area contributed by atoms with Crippen LogP contribution in [0, 0.1) is 6.92 Å². The molecule has 1 aliphatic rings. The number of nitrogens with one attached hydrogen (secondary N) is 1. The van der Waals surface area contributed by atoms with Crippen LogP contribution in [0.25, 0.3) is 10.8 Å². The van der Waals surface area contributed by atoms with Crippen molar-refractivity contribution in [2.24, 2.45) is 0 Å². The first-order valence-corrected chi connectivity index (χ1v) is 11.4. The molecule has 0 spiro atoms. The molecule has 0 saturated carbocycles.